The number of aromatic hydroxyl groups is 4. The first-order chi connectivity index (χ1) is 38.6. The summed E-state index contributed by atoms with van der Waals surface area (Å²) in [6.07, 6.45) is 0. The first-order valence-electron chi connectivity index (χ1n) is 22.0. The third-order valence-corrected chi connectivity index (χ3v) is 14.4. The van der Waals surface area contributed by atoms with E-state index in [1.807, 2.05) is 0 Å². The van der Waals surface area contributed by atoms with E-state index in [1.54, 1.807) is 37.3 Å². The maximum atomic E-state index is 12.7. The standard InChI is InChI=1S/C46H35N9O16S4.2Cu.2O3S/c1-23-15-37(39(56)21-35(23)51-48-32-5-3-4-6-41(32)73(63,64)65)53-50-34-13-7-25-17-27(8-11-30(25)45(34)58)47-28-9-12-31-26(18-28)19-43(75(69,70)71)44(46(31)59)55-54-38-16-24(2)36(22-40(38)57)52-49-33-14-10-29(72(60,61)62)20-42(33)74(66,67)68;;;2*1-4(2)3/h3-22,47,56-59H,1-2H3,(H,60,61,62)(H,63,64,65)(H,66,67,68)(H,69,70,71);;;;. The van der Waals surface area contributed by atoms with Crippen molar-refractivity contribution in [2.45, 2.75) is 33.4 Å². The van der Waals surface area contributed by atoms with Crippen LogP contribution >= 0.6 is 0 Å². The minimum atomic E-state index is -5.09. The molecule has 39 heteroatoms. The average molecular weight is 1390 g/mol. The number of aryl methyl sites for hydroxylation is 2. The fourth-order valence-corrected chi connectivity index (χ4v) is 9.71. The largest absolute Gasteiger partial charge is 0.506 e. The molecule has 0 aliphatic heterocycles. The Morgan fingerprint density at radius 2 is 0.788 bits per heavy atom. The smallest absolute Gasteiger partial charge is 0.425 e. The molecule has 0 bridgehead atoms. The van der Waals surface area contributed by atoms with Crippen molar-refractivity contribution in [3.05, 3.63) is 132 Å². The topological polar surface area (TPSA) is 512 Å². The Balaban J connectivity index is 0.00000146. The van der Waals surface area contributed by atoms with E-state index in [0.717, 1.165) is 30.3 Å². The molecular weight excluding hydrogens is 1350 g/mol. The molecular formula is C46H35Cu2N9O22S6. The van der Waals surface area contributed by atoms with Gasteiger partial charge in [-0.15, -0.1) is 55.9 Å². The molecule has 0 aromatic heterocycles. The number of rotatable bonds is 14. The minimum Gasteiger partial charge on any atom is -0.506 e. The van der Waals surface area contributed by atoms with Gasteiger partial charge in [-0.25, -0.2) is 0 Å². The van der Waals surface area contributed by atoms with Crippen LogP contribution in [0.15, 0.2) is 182 Å². The van der Waals surface area contributed by atoms with E-state index < -0.39 is 104 Å². The van der Waals surface area contributed by atoms with E-state index in [9.17, 15) is 72.3 Å². The molecule has 0 amide bonds. The van der Waals surface area contributed by atoms with Crippen molar-refractivity contribution in [2.75, 3.05) is 5.32 Å². The Kier molecular flexibility index (Phi) is 22.8. The van der Waals surface area contributed by atoms with Crippen LogP contribution in [0.25, 0.3) is 21.5 Å². The molecule has 8 aromatic carbocycles. The summed E-state index contributed by atoms with van der Waals surface area (Å²) >= 11 is 0. The molecule has 0 atom stereocenters. The van der Waals surface area contributed by atoms with Gasteiger partial charge in [0.05, 0.1) is 16.3 Å². The van der Waals surface area contributed by atoms with Crippen molar-refractivity contribution in [3.63, 3.8) is 0 Å². The van der Waals surface area contributed by atoms with Crippen LogP contribution in [-0.4, -0.2) is 97.6 Å². The monoisotopic (exact) mass is 1380 g/mol. The van der Waals surface area contributed by atoms with Gasteiger partial charge >= 0.3 is 21.2 Å². The van der Waals surface area contributed by atoms with Gasteiger partial charge in [-0.2, -0.15) is 43.9 Å². The number of phenolic OH excluding ortho intramolecular Hbond substituents is 4. The zero-order valence-electron chi connectivity index (χ0n) is 42.0. The van der Waals surface area contributed by atoms with Crippen LogP contribution in [0.4, 0.5) is 56.9 Å². The quantitative estimate of drug-likeness (QED) is 0.0278. The second-order valence-electron chi connectivity index (χ2n) is 16.5. The van der Waals surface area contributed by atoms with Crippen LogP contribution in [0, 0.1) is 13.8 Å². The summed E-state index contributed by atoms with van der Waals surface area (Å²) in [6.45, 7) is 3.08. The van der Waals surface area contributed by atoms with E-state index in [4.69, 9.17) is 25.3 Å². The molecule has 0 spiro atoms. The van der Waals surface area contributed by atoms with Gasteiger partial charge in [-0.05, 0) is 127 Å². The van der Waals surface area contributed by atoms with Crippen molar-refractivity contribution < 1.29 is 132 Å². The predicted molar refractivity (Wildman–Crippen MR) is 288 cm³/mol. The Labute approximate surface area is 503 Å². The van der Waals surface area contributed by atoms with Crippen LogP contribution in [-0.2, 0) is 95.8 Å². The van der Waals surface area contributed by atoms with Gasteiger partial charge in [-0.3, -0.25) is 18.2 Å². The van der Waals surface area contributed by atoms with E-state index in [1.165, 1.54) is 61.5 Å². The fraction of sp³-hybridized carbons (Fsp3) is 0.0435. The Hall–Kier alpha value is -8.40. The van der Waals surface area contributed by atoms with Gasteiger partial charge in [0.25, 0.3) is 40.5 Å². The van der Waals surface area contributed by atoms with Crippen LogP contribution in [0.2, 0.25) is 0 Å². The Morgan fingerprint density at radius 3 is 1.28 bits per heavy atom. The average Bonchev–Trinajstić information content (AvgIpc) is 2.81. The molecule has 0 fully saturated rings. The summed E-state index contributed by atoms with van der Waals surface area (Å²) < 4.78 is 185. The van der Waals surface area contributed by atoms with Gasteiger partial charge in [0.1, 0.15) is 60.3 Å². The summed E-state index contributed by atoms with van der Waals surface area (Å²) in [4.78, 5) is -3.17. The molecule has 8 aromatic rings. The maximum absolute atomic E-state index is 12.7. The molecule has 85 heavy (non-hydrogen) atoms. The minimum absolute atomic E-state index is 0. The summed E-state index contributed by atoms with van der Waals surface area (Å²) in [5.74, 6) is -1.95. The van der Waals surface area contributed by atoms with Crippen molar-refractivity contribution in [3.8, 4) is 23.0 Å². The van der Waals surface area contributed by atoms with E-state index in [-0.39, 0.29) is 96.1 Å². The molecule has 31 nitrogen and oxygen atoms in total. The number of anilines is 2. The summed E-state index contributed by atoms with van der Waals surface area (Å²) in [5.41, 5.74) is 0.0501. The van der Waals surface area contributed by atoms with Crippen molar-refractivity contribution in [1.29, 1.82) is 0 Å². The van der Waals surface area contributed by atoms with Crippen molar-refractivity contribution >= 4 is 140 Å². The number of phenols is 4. The van der Waals surface area contributed by atoms with Crippen molar-refractivity contribution in [2.24, 2.45) is 40.9 Å². The van der Waals surface area contributed by atoms with Gasteiger partial charge in [-0.1, -0.05) is 18.2 Å². The van der Waals surface area contributed by atoms with E-state index in [0.29, 0.717) is 33.8 Å². The summed E-state index contributed by atoms with van der Waals surface area (Å²) in [6, 6.07) is 25.9. The molecule has 0 aliphatic rings. The number of benzene rings is 8. The number of azo groups is 4. The van der Waals surface area contributed by atoms with E-state index in [2.05, 4.69) is 46.2 Å². The zero-order valence-corrected chi connectivity index (χ0v) is 48.8. The number of hydrogen-bond donors (Lipinski definition) is 9. The maximum Gasteiger partial charge on any atom is 0.425 e. The number of nitrogens with one attached hydrogen (secondary N) is 1. The fourth-order valence-electron chi connectivity index (χ4n) is 7.19. The number of nitrogens with zero attached hydrogens (tertiary/aromatic N) is 8. The summed E-state index contributed by atoms with van der Waals surface area (Å²) in [5, 5.41) is 79.6. The first-order valence-corrected chi connectivity index (χ1v) is 29.7. The zero-order chi connectivity index (χ0) is 61.5. The molecule has 0 unspecified atom stereocenters. The molecule has 0 saturated heterocycles. The van der Waals surface area contributed by atoms with Crippen molar-refractivity contribution in [1.82, 2.24) is 0 Å². The van der Waals surface area contributed by atoms with Gasteiger partial charge in [0, 0.05) is 68.4 Å². The Morgan fingerprint density at radius 1 is 0.376 bits per heavy atom. The second kappa shape index (κ2) is 28.0. The number of fused-ring (bicyclic) bond motifs is 2. The van der Waals surface area contributed by atoms with Crippen LogP contribution in [0.1, 0.15) is 11.1 Å². The van der Waals surface area contributed by atoms with E-state index >= 15 is 0 Å². The third kappa shape index (κ3) is 18.1. The Bertz CT molecular complexity index is 4790. The molecule has 0 aliphatic carbocycles. The second-order valence-corrected chi connectivity index (χ2v) is 22.9. The summed E-state index contributed by atoms with van der Waals surface area (Å²) in [7, 11) is -25.8. The predicted octanol–water partition coefficient (Wildman–Crippen LogP) is 9.81. The van der Waals surface area contributed by atoms with Gasteiger partial charge in [0.2, 0.25) is 0 Å². The normalized spacial score (nSPS) is 11.9. The van der Waals surface area contributed by atoms with Gasteiger partial charge in [0.15, 0.2) is 11.5 Å². The molecule has 2 radical (unpaired) electrons. The van der Waals surface area contributed by atoms with Crippen LogP contribution in [0.5, 0.6) is 23.0 Å². The first kappa shape index (κ1) is 69.1. The van der Waals surface area contributed by atoms with Crippen LogP contribution < -0.4 is 5.32 Å². The van der Waals surface area contributed by atoms with Gasteiger partial charge < -0.3 is 25.7 Å². The molecule has 0 heterocycles. The van der Waals surface area contributed by atoms with Crippen LogP contribution in [0.3, 0.4) is 0 Å². The molecule has 8 rings (SSSR count). The molecule has 454 valence electrons. The molecule has 9 N–H and O–H groups in total. The number of hydrogen-bond acceptors (Lipinski definition) is 27. The molecule has 0 saturated carbocycles. The third-order valence-electron chi connectivity index (χ3n) is 10.9. The SMILES string of the molecule is Cc1cc(N=Nc2ccc3cc(Nc4ccc5c(O)c(N=Nc6cc(C)c(N=Nc7ccc(S(=O)(=O)O)cc7S(=O)(=O)O)cc6O)c(S(=O)(=O)O)cc5c4)ccc3c2O)c(O)cc1N=Nc1ccccc1S(=O)(=O)O.O=S(=O)=O.O=S(=O)=O.[Cu].[Cu].